The summed E-state index contributed by atoms with van der Waals surface area (Å²) in [6, 6.07) is 7.14. The van der Waals surface area contributed by atoms with Crippen molar-refractivity contribution in [2.45, 2.75) is 38.5 Å². The van der Waals surface area contributed by atoms with Gasteiger partial charge in [0.05, 0.1) is 11.8 Å². The lowest BCUT2D eigenvalue weighted by atomic mass is 10.1. The van der Waals surface area contributed by atoms with E-state index in [4.69, 9.17) is 10.5 Å². The van der Waals surface area contributed by atoms with Crippen LogP contribution in [0.3, 0.4) is 0 Å². The Balaban J connectivity index is 2.49. The zero-order chi connectivity index (χ0) is 16.8. The van der Waals surface area contributed by atoms with Crippen molar-refractivity contribution in [3.8, 4) is 5.75 Å². The van der Waals surface area contributed by atoms with Crippen molar-refractivity contribution in [1.82, 2.24) is 5.32 Å². The number of primary amides is 1. The molecule has 3 N–H and O–H groups in total. The fraction of sp³-hybridized carbons (Fsp3) is 0.500. The fourth-order valence-electron chi connectivity index (χ4n) is 1.66. The first-order chi connectivity index (χ1) is 10.2. The number of nitrogens with two attached hydrogens (primary N) is 1. The van der Waals surface area contributed by atoms with Crippen LogP contribution in [0.1, 0.15) is 39.3 Å². The first kappa shape index (κ1) is 18.4. The summed E-state index contributed by atoms with van der Waals surface area (Å²) in [5, 5.41) is 2.96. The number of thioether (sulfide) groups is 1. The van der Waals surface area contributed by atoms with Crippen LogP contribution in [-0.2, 0) is 9.59 Å². The Morgan fingerprint density at radius 1 is 1.27 bits per heavy atom. The van der Waals surface area contributed by atoms with Crippen LogP contribution in [0.25, 0.3) is 0 Å². The summed E-state index contributed by atoms with van der Waals surface area (Å²) in [5.74, 6) is 0.514. The third kappa shape index (κ3) is 7.36. The SMILES string of the molecule is CC(NC(=O)CSC(C)(C)C)c1ccc(OCC(N)=O)cc1. The molecule has 0 aromatic heterocycles. The van der Waals surface area contributed by atoms with Crippen molar-refractivity contribution in [1.29, 1.82) is 0 Å². The Kier molecular flexibility index (Phi) is 6.74. The zero-order valence-corrected chi connectivity index (χ0v) is 14.3. The molecule has 0 bridgehead atoms. The smallest absolute Gasteiger partial charge is 0.255 e. The van der Waals surface area contributed by atoms with Gasteiger partial charge in [-0.15, -0.1) is 11.8 Å². The van der Waals surface area contributed by atoms with Crippen molar-refractivity contribution in [2.24, 2.45) is 5.73 Å². The van der Waals surface area contributed by atoms with Gasteiger partial charge in [-0.3, -0.25) is 9.59 Å². The lowest BCUT2D eigenvalue weighted by Crippen LogP contribution is -2.29. The highest BCUT2D eigenvalue weighted by molar-refractivity contribution is 8.01. The second kappa shape index (κ2) is 8.08. The molecule has 0 saturated heterocycles. The molecule has 1 atom stereocenters. The molecular formula is C16H24N2O3S. The van der Waals surface area contributed by atoms with Gasteiger partial charge in [-0.05, 0) is 24.6 Å². The molecule has 0 spiro atoms. The number of hydrogen-bond donors (Lipinski definition) is 2. The predicted octanol–water partition coefficient (Wildman–Crippen LogP) is 2.26. The largest absolute Gasteiger partial charge is 0.484 e. The number of benzene rings is 1. The van der Waals surface area contributed by atoms with E-state index in [-0.39, 0.29) is 23.3 Å². The number of hydrogen-bond acceptors (Lipinski definition) is 4. The Labute approximate surface area is 136 Å². The molecule has 0 aliphatic carbocycles. The van der Waals surface area contributed by atoms with Gasteiger partial charge < -0.3 is 15.8 Å². The van der Waals surface area contributed by atoms with Gasteiger partial charge in [-0.2, -0.15) is 0 Å². The van der Waals surface area contributed by atoms with Gasteiger partial charge in [0.25, 0.3) is 5.91 Å². The highest BCUT2D eigenvalue weighted by Crippen LogP contribution is 2.23. The molecule has 0 aliphatic heterocycles. The minimum Gasteiger partial charge on any atom is -0.484 e. The average molecular weight is 324 g/mol. The first-order valence-corrected chi connectivity index (χ1v) is 8.10. The van der Waals surface area contributed by atoms with Gasteiger partial charge in [0.15, 0.2) is 6.61 Å². The highest BCUT2D eigenvalue weighted by Gasteiger charge is 2.15. The molecule has 22 heavy (non-hydrogen) atoms. The van der Waals surface area contributed by atoms with Gasteiger partial charge in [0.2, 0.25) is 5.91 Å². The number of ether oxygens (including phenoxy) is 1. The number of rotatable bonds is 7. The molecule has 5 nitrogen and oxygen atoms in total. The number of carbonyl (C=O) groups excluding carboxylic acids is 2. The molecule has 1 unspecified atom stereocenters. The molecule has 2 amide bonds. The summed E-state index contributed by atoms with van der Waals surface area (Å²) in [6.45, 7) is 8.03. The monoisotopic (exact) mass is 324 g/mol. The Morgan fingerprint density at radius 3 is 2.36 bits per heavy atom. The maximum Gasteiger partial charge on any atom is 0.255 e. The van der Waals surface area contributed by atoms with E-state index in [2.05, 4.69) is 26.1 Å². The Bertz CT molecular complexity index is 509. The molecule has 0 saturated carbocycles. The van der Waals surface area contributed by atoms with E-state index in [0.717, 1.165) is 5.56 Å². The van der Waals surface area contributed by atoms with Crippen molar-refractivity contribution in [3.63, 3.8) is 0 Å². The lowest BCUT2D eigenvalue weighted by Gasteiger charge is -2.19. The molecular weight excluding hydrogens is 300 g/mol. The second-order valence-electron chi connectivity index (χ2n) is 6.01. The van der Waals surface area contributed by atoms with Crippen molar-refractivity contribution in [3.05, 3.63) is 29.8 Å². The standard InChI is InChI=1S/C16H24N2O3S/c1-11(18-15(20)10-22-16(2,3)4)12-5-7-13(8-6-12)21-9-14(17)19/h5-8,11H,9-10H2,1-4H3,(H2,17,19)(H,18,20). The van der Waals surface area contributed by atoms with Crippen LogP contribution in [0.2, 0.25) is 0 Å². The van der Waals surface area contributed by atoms with Gasteiger partial charge in [-0.25, -0.2) is 0 Å². The summed E-state index contributed by atoms with van der Waals surface area (Å²) in [4.78, 5) is 22.6. The maximum atomic E-state index is 11.9. The van der Waals surface area contributed by atoms with Gasteiger partial charge in [0.1, 0.15) is 5.75 Å². The van der Waals surface area contributed by atoms with E-state index in [9.17, 15) is 9.59 Å². The van der Waals surface area contributed by atoms with E-state index in [1.165, 1.54) is 0 Å². The van der Waals surface area contributed by atoms with E-state index in [1.807, 2.05) is 19.1 Å². The van der Waals surface area contributed by atoms with E-state index in [1.54, 1.807) is 23.9 Å². The molecule has 1 aromatic rings. The molecule has 122 valence electrons. The van der Waals surface area contributed by atoms with Gasteiger partial charge in [-0.1, -0.05) is 32.9 Å². The molecule has 1 rings (SSSR count). The number of carbonyl (C=O) groups is 2. The van der Waals surface area contributed by atoms with Gasteiger partial charge >= 0.3 is 0 Å². The fourth-order valence-corrected chi connectivity index (χ4v) is 2.30. The lowest BCUT2D eigenvalue weighted by molar-refractivity contribution is -0.120. The minimum absolute atomic E-state index is 0.0153. The maximum absolute atomic E-state index is 11.9. The zero-order valence-electron chi connectivity index (χ0n) is 13.5. The van der Waals surface area contributed by atoms with Crippen LogP contribution in [-0.4, -0.2) is 28.9 Å². The molecule has 0 heterocycles. The molecule has 1 aromatic carbocycles. The summed E-state index contributed by atoms with van der Waals surface area (Å²) in [7, 11) is 0. The van der Waals surface area contributed by atoms with Crippen LogP contribution in [0.15, 0.2) is 24.3 Å². The summed E-state index contributed by atoms with van der Waals surface area (Å²) < 4.78 is 5.26. The number of amides is 2. The topological polar surface area (TPSA) is 81.4 Å². The summed E-state index contributed by atoms with van der Waals surface area (Å²) in [6.07, 6.45) is 0. The number of nitrogens with one attached hydrogen (secondary N) is 1. The highest BCUT2D eigenvalue weighted by atomic mass is 32.2. The molecule has 0 fully saturated rings. The minimum atomic E-state index is -0.513. The Morgan fingerprint density at radius 2 is 1.86 bits per heavy atom. The van der Waals surface area contributed by atoms with E-state index >= 15 is 0 Å². The molecule has 6 heteroatoms. The average Bonchev–Trinajstić information content (AvgIpc) is 2.42. The van der Waals surface area contributed by atoms with Crippen molar-refractivity contribution >= 4 is 23.6 Å². The van der Waals surface area contributed by atoms with Crippen LogP contribution in [0, 0.1) is 0 Å². The van der Waals surface area contributed by atoms with Crippen LogP contribution >= 0.6 is 11.8 Å². The van der Waals surface area contributed by atoms with Crippen molar-refractivity contribution < 1.29 is 14.3 Å². The Hall–Kier alpha value is -1.69. The van der Waals surface area contributed by atoms with E-state index in [0.29, 0.717) is 11.5 Å². The van der Waals surface area contributed by atoms with Crippen LogP contribution in [0.5, 0.6) is 5.75 Å². The quantitative estimate of drug-likeness (QED) is 0.806. The summed E-state index contributed by atoms with van der Waals surface area (Å²) >= 11 is 1.61. The molecule has 0 aliphatic rings. The van der Waals surface area contributed by atoms with Gasteiger partial charge in [0, 0.05) is 4.75 Å². The third-order valence-electron chi connectivity index (χ3n) is 2.77. The van der Waals surface area contributed by atoms with E-state index < -0.39 is 5.91 Å². The van der Waals surface area contributed by atoms with Crippen molar-refractivity contribution in [2.75, 3.05) is 12.4 Å². The third-order valence-corrected chi connectivity index (χ3v) is 4.05. The predicted molar refractivity (Wildman–Crippen MR) is 89.9 cm³/mol. The van der Waals surface area contributed by atoms with Crippen LogP contribution in [0.4, 0.5) is 0 Å². The summed E-state index contributed by atoms with van der Waals surface area (Å²) in [5.41, 5.74) is 5.99. The second-order valence-corrected chi connectivity index (χ2v) is 7.82. The molecule has 0 radical (unpaired) electrons. The first-order valence-electron chi connectivity index (χ1n) is 7.12. The van der Waals surface area contributed by atoms with Crippen LogP contribution < -0.4 is 15.8 Å². The normalized spacial score (nSPS) is 12.5.